The van der Waals surface area contributed by atoms with Gasteiger partial charge in [0, 0.05) is 0 Å². The molecule has 3 rings (SSSR count). The summed E-state index contributed by atoms with van der Waals surface area (Å²) in [6, 6.07) is 13.6. The van der Waals surface area contributed by atoms with Crippen molar-refractivity contribution >= 4 is 34.7 Å². The Labute approximate surface area is 140 Å². The maximum Gasteiger partial charge on any atom is 0.298 e. The van der Waals surface area contributed by atoms with Crippen LogP contribution in [0.5, 0.6) is 0 Å². The molecule has 0 aromatic heterocycles. The van der Waals surface area contributed by atoms with Crippen LogP contribution in [0.4, 0.5) is 10.5 Å². The highest BCUT2D eigenvalue weighted by Crippen LogP contribution is 2.37. The van der Waals surface area contributed by atoms with Crippen LogP contribution in [0, 0.1) is 20.8 Å². The number of carbonyl (C=O) groups excluding carboxylic acids is 2. The van der Waals surface area contributed by atoms with E-state index in [-0.39, 0.29) is 11.1 Å². The summed E-state index contributed by atoms with van der Waals surface area (Å²) in [7, 11) is 0. The highest BCUT2D eigenvalue weighted by Gasteiger charge is 2.36. The number of thioether (sulfide) groups is 1. The van der Waals surface area contributed by atoms with Gasteiger partial charge in [0.2, 0.25) is 0 Å². The third kappa shape index (κ3) is 3.08. The van der Waals surface area contributed by atoms with E-state index >= 15 is 0 Å². The van der Waals surface area contributed by atoms with Crippen LogP contribution in [0.2, 0.25) is 0 Å². The molecule has 2 amide bonds. The summed E-state index contributed by atoms with van der Waals surface area (Å²) in [6.07, 6.45) is 1.77. The average molecular weight is 323 g/mol. The fourth-order valence-corrected chi connectivity index (χ4v) is 3.38. The van der Waals surface area contributed by atoms with Crippen molar-refractivity contribution in [2.24, 2.45) is 0 Å². The quantitative estimate of drug-likeness (QED) is 0.741. The van der Waals surface area contributed by atoms with Gasteiger partial charge in [-0.25, -0.2) is 4.90 Å². The molecule has 3 nitrogen and oxygen atoms in total. The molecule has 0 N–H and O–H groups in total. The number of aryl methyl sites for hydroxylation is 3. The summed E-state index contributed by atoms with van der Waals surface area (Å²) in [5, 5.41) is -0.250. The second kappa shape index (κ2) is 6.05. The van der Waals surface area contributed by atoms with Gasteiger partial charge >= 0.3 is 0 Å². The molecule has 0 spiro atoms. The molecule has 1 aliphatic heterocycles. The van der Waals surface area contributed by atoms with Crippen molar-refractivity contribution in [3.8, 4) is 0 Å². The molecule has 0 saturated carbocycles. The summed E-state index contributed by atoms with van der Waals surface area (Å²) in [6.45, 7) is 5.91. The average Bonchev–Trinajstić information content (AvgIpc) is 2.77. The molecule has 116 valence electrons. The molecule has 1 fully saturated rings. The van der Waals surface area contributed by atoms with E-state index in [1.807, 2.05) is 63.2 Å². The van der Waals surface area contributed by atoms with Gasteiger partial charge in [-0.05, 0) is 55.8 Å². The Bertz CT molecular complexity index is 822. The lowest BCUT2D eigenvalue weighted by molar-refractivity contribution is -0.113. The molecule has 23 heavy (non-hydrogen) atoms. The van der Waals surface area contributed by atoms with Crippen molar-refractivity contribution in [3.63, 3.8) is 0 Å². The van der Waals surface area contributed by atoms with Crippen molar-refractivity contribution in [3.05, 3.63) is 69.6 Å². The van der Waals surface area contributed by atoms with Gasteiger partial charge in [0.15, 0.2) is 0 Å². The second-order valence-corrected chi connectivity index (χ2v) is 6.71. The summed E-state index contributed by atoms with van der Waals surface area (Å²) in [5.74, 6) is -0.257. The smallest absolute Gasteiger partial charge is 0.268 e. The van der Waals surface area contributed by atoms with Gasteiger partial charge in [-0.15, -0.1) is 0 Å². The zero-order valence-electron chi connectivity index (χ0n) is 13.3. The summed E-state index contributed by atoms with van der Waals surface area (Å²) >= 11 is 0.987. The van der Waals surface area contributed by atoms with Crippen LogP contribution in [0.1, 0.15) is 22.3 Å². The Morgan fingerprint density at radius 3 is 2.22 bits per heavy atom. The first-order valence-corrected chi connectivity index (χ1v) is 8.19. The molecule has 0 atom stereocenters. The van der Waals surface area contributed by atoms with Gasteiger partial charge in [0.25, 0.3) is 11.1 Å². The number of imide groups is 1. The zero-order valence-corrected chi connectivity index (χ0v) is 14.1. The van der Waals surface area contributed by atoms with Crippen LogP contribution in [0.3, 0.4) is 0 Å². The van der Waals surface area contributed by atoms with Gasteiger partial charge < -0.3 is 0 Å². The molecule has 4 heteroatoms. The van der Waals surface area contributed by atoms with E-state index in [1.54, 1.807) is 6.08 Å². The van der Waals surface area contributed by atoms with Crippen LogP contribution in [-0.4, -0.2) is 11.1 Å². The van der Waals surface area contributed by atoms with E-state index in [4.69, 9.17) is 0 Å². The lowest BCUT2D eigenvalue weighted by Gasteiger charge is -2.15. The van der Waals surface area contributed by atoms with Crippen LogP contribution in [0.25, 0.3) is 6.08 Å². The number of nitrogens with zero attached hydrogens (tertiary/aromatic N) is 1. The molecule has 1 saturated heterocycles. The van der Waals surface area contributed by atoms with Gasteiger partial charge in [-0.3, -0.25) is 9.59 Å². The van der Waals surface area contributed by atoms with E-state index in [0.717, 1.165) is 34.0 Å². The number of hydrogen-bond acceptors (Lipinski definition) is 3. The Balaban J connectivity index is 1.95. The van der Waals surface area contributed by atoms with Crippen molar-refractivity contribution in [2.75, 3.05) is 4.90 Å². The van der Waals surface area contributed by atoms with Crippen molar-refractivity contribution < 1.29 is 9.59 Å². The molecule has 0 radical (unpaired) electrons. The van der Waals surface area contributed by atoms with Crippen molar-refractivity contribution in [2.45, 2.75) is 20.8 Å². The minimum absolute atomic E-state index is 0.250. The molecule has 0 aliphatic carbocycles. The molecule has 2 aromatic carbocycles. The van der Waals surface area contributed by atoms with Crippen LogP contribution < -0.4 is 4.90 Å². The Kier molecular flexibility index (Phi) is 4.09. The lowest BCUT2D eigenvalue weighted by Crippen LogP contribution is -2.28. The minimum atomic E-state index is -0.257. The highest BCUT2D eigenvalue weighted by atomic mass is 32.2. The fraction of sp³-hybridized carbons (Fsp3) is 0.158. The maximum atomic E-state index is 12.6. The van der Waals surface area contributed by atoms with E-state index in [1.165, 1.54) is 4.90 Å². The second-order valence-electron chi connectivity index (χ2n) is 5.72. The van der Waals surface area contributed by atoms with Gasteiger partial charge in [0.1, 0.15) is 0 Å². The third-order valence-corrected chi connectivity index (χ3v) is 4.63. The molecule has 1 aliphatic rings. The lowest BCUT2D eigenvalue weighted by atomic mass is 10.1. The third-order valence-electron chi connectivity index (χ3n) is 3.76. The summed E-state index contributed by atoms with van der Waals surface area (Å²) in [4.78, 5) is 26.7. The summed E-state index contributed by atoms with van der Waals surface area (Å²) < 4.78 is 0. The van der Waals surface area contributed by atoms with E-state index < -0.39 is 0 Å². The monoisotopic (exact) mass is 323 g/mol. The van der Waals surface area contributed by atoms with Crippen LogP contribution in [-0.2, 0) is 4.79 Å². The van der Waals surface area contributed by atoms with E-state index in [2.05, 4.69) is 0 Å². The number of rotatable bonds is 2. The molecule has 2 aromatic rings. The molecular formula is C19H17NO2S. The van der Waals surface area contributed by atoms with Crippen molar-refractivity contribution in [1.29, 1.82) is 0 Å². The Hall–Kier alpha value is -2.33. The predicted octanol–water partition coefficient (Wildman–Crippen LogP) is 4.85. The zero-order chi connectivity index (χ0) is 16.6. The first kappa shape index (κ1) is 15.6. The first-order chi connectivity index (χ1) is 11.0. The van der Waals surface area contributed by atoms with Crippen LogP contribution in [0.15, 0.2) is 47.4 Å². The molecule has 1 heterocycles. The highest BCUT2D eigenvalue weighted by molar-refractivity contribution is 8.19. The minimum Gasteiger partial charge on any atom is -0.268 e. The number of anilines is 1. The topological polar surface area (TPSA) is 37.4 Å². The standard InChI is InChI=1S/C19H17NO2S/c1-12-4-7-15(8-5-12)11-17-18(21)20(19(22)23-17)16-9-6-13(2)10-14(16)3/h4-11H,1-3H3/b17-11-. The number of carbonyl (C=O) groups is 2. The molecular weight excluding hydrogens is 306 g/mol. The first-order valence-electron chi connectivity index (χ1n) is 7.37. The number of hydrogen-bond donors (Lipinski definition) is 0. The van der Waals surface area contributed by atoms with E-state index in [0.29, 0.717) is 10.6 Å². The van der Waals surface area contributed by atoms with Crippen LogP contribution >= 0.6 is 11.8 Å². The maximum absolute atomic E-state index is 12.6. The normalized spacial score (nSPS) is 16.5. The van der Waals surface area contributed by atoms with Gasteiger partial charge in [0.05, 0.1) is 10.6 Å². The van der Waals surface area contributed by atoms with Gasteiger partial charge in [-0.1, -0.05) is 47.5 Å². The largest absolute Gasteiger partial charge is 0.298 e. The SMILES string of the molecule is Cc1ccc(/C=C2\SC(=O)N(c3ccc(C)cc3C)C2=O)cc1. The van der Waals surface area contributed by atoms with E-state index in [9.17, 15) is 9.59 Å². The molecule has 0 bridgehead atoms. The van der Waals surface area contributed by atoms with Gasteiger partial charge in [-0.2, -0.15) is 0 Å². The number of amides is 2. The van der Waals surface area contributed by atoms with Crippen molar-refractivity contribution in [1.82, 2.24) is 0 Å². The summed E-state index contributed by atoms with van der Waals surface area (Å²) in [5.41, 5.74) is 4.76. The molecule has 0 unspecified atom stereocenters. The Morgan fingerprint density at radius 2 is 1.57 bits per heavy atom. The Morgan fingerprint density at radius 1 is 0.913 bits per heavy atom. The fourth-order valence-electron chi connectivity index (χ4n) is 2.55. The number of benzene rings is 2. The predicted molar refractivity (Wildman–Crippen MR) is 95.5 cm³/mol.